The predicted molar refractivity (Wildman–Crippen MR) is 243 cm³/mol. The molecule has 0 bridgehead atoms. The summed E-state index contributed by atoms with van der Waals surface area (Å²) in [6, 6.07) is 17.9. The Bertz CT molecular complexity index is 2780. The highest BCUT2D eigenvalue weighted by Crippen LogP contribution is 2.35. The standard InChI is InChI=1S/2C20H18Cl2FN3O3S2/c1-29-18-5-3-14(21)11-19(18)31(27,28)26-8-6-25(7-9-26)20-24-17(12-30-20)13-2-4-15(22)16(23)10-13;1-29-18-3-2-14(21)11-19(18)31(27,28)26-6-4-25(5-7-26)20-24-17(12-30-20)13-8-15(22)10-16(23)9-13/h2-5,10-12H,6-9H2,1H3;2-3,8-12H,4-7H2,1H3. The van der Waals surface area contributed by atoms with Crippen LogP contribution in [0.1, 0.15) is 0 Å². The van der Waals surface area contributed by atoms with Gasteiger partial charge in [-0.15, -0.1) is 22.7 Å². The fourth-order valence-corrected chi connectivity index (χ4v) is 12.5. The van der Waals surface area contributed by atoms with E-state index in [0.717, 1.165) is 10.3 Å². The molecule has 4 heterocycles. The number of piperazine rings is 2. The second kappa shape index (κ2) is 19.5. The third kappa shape index (κ3) is 10.3. The zero-order valence-electron chi connectivity index (χ0n) is 32.8. The quantitative estimate of drug-likeness (QED) is 0.131. The van der Waals surface area contributed by atoms with Crippen molar-refractivity contribution in [1.29, 1.82) is 0 Å². The second-order valence-corrected chi connectivity index (χ2v) is 20.9. The molecule has 62 heavy (non-hydrogen) atoms. The zero-order valence-corrected chi connectivity index (χ0v) is 39.1. The summed E-state index contributed by atoms with van der Waals surface area (Å²) in [4.78, 5) is 13.3. The smallest absolute Gasteiger partial charge is 0.246 e. The summed E-state index contributed by atoms with van der Waals surface area (Å²) < 4.78 is 93.1. The molecule has 0 amide bonds. The average Bonchev–Trinajstić information content (AvgIpc) is 3.97. The van der Waals surface area contributed by atoms with E-state index in [4.69, 9.17) is 55.9 Å². The Morgan fingerprint density at radius 3 is 1.47 bits per heavy atom. The van der Waals surface area contributed by atoms with Gasteiger partial charge in [-0.1, -0.05) is 52.5 Å². The van der Waals surface area contributed by atoms with Crippen LogP contribution in [-0.2, 0) is 20.0 Å². The van der Waals surface area contributed by atoms with Crippen molar-refractivity contribution in [2.24, 2.45) is 0 Å². The number of ether oxygens (including phenoxy) is 2. The summed E-state index contributed by atoms with van der Waals surface area (Å²) in [7, 11) is -4.66. The molecule has 0 aliphatic carbocycles. The maximum Gasteiger partial charge on any atom is 0.246 e. The molecule has 328 valence electrons. The molecule has 2 saturated heterocycles. The van der Waals surface area contributed by atoms with E-state index in [1.165, 1.54) is 81.9 Å². The van der Waals surface area contributed by atoms with E-state index >= 15 is 0 Å². The number of rotatable bonds is 10. The molecule has 12 nitrogen and oxygen atoms in total. The first-order valence-corrected chi connectivity index (χ1v) is 24.7. The molecular weight excluding hydrogens is 969 g/mol. The molecule has 0 atom stereocenters. The van der Waals surface area contributed by atoms with Gasteiger partial charge >= 0.3 is 0 Å². The first kappa shape index (κ1) is 46.2. The summed E-state index contributed by atoms with van der Waals surface area (Å²) in [5, 5.41) is 6.19. The van der Waals surface area contributed by atoms with Gasteiger partial charge in [-0.2, -0.15) is 8.61 Å². The fourth-order valence-electron chi connectivity index (χ4n) is 6.66. The highest BCUT2D eigenvalue weighted by molar-refractivity contribution is 7.89. The van der Waals surface area contributed by atoms with E-state index in [0.29, 0.717) is 89.9 Å². The minimum atomic E-state index is -3.76. The summed E-state index contributed by atoms with van der Waals surface area (Å²) in [5.74, 6) is -0.409. The Labute approximate surface area is 385 Å². The first-order valence-electron chi connectivity index (χ1n) is 18.6. The van der Waals surface area contributed by atoms with Crippen molar-refractivity contribution in [3.05, 3.63) is 115 Å². The lowest BCUT2D eigenvalue weighted by atomic mass is 10.2. The van der Waals surface area contributed by atoms with E-state index in [-0.39, 0.29) is 26.3 Å². The molecule has 0 saturated carbocycles. The molecule has 2 aromatic heterocycles. The molecule has 2 fully saturated rings. The van der Waals surface area contributed by atoms with Crippen LogP contribution < -0.4 is 19.3 Å². The van der Waals surface area contributed by atoms with Gasteiger partial charge in [0, 0.05) is 89.3 Å². The number of methoxy groups -OCH3 is 2. The van der Waals surface area contributed by atoms with E-state index in [2.05, 4.69) is 9.97 Å². The lowest BCUT2D eigenvalue weighted by molar-refractivity contribution is 0.373. The van der Waals surface area contributed by atoms with E-state index in [1.54, 1.807) is 36.4 Å². The monoisotopic (exact) mass is 1000 g/mol. The molecule has 0 unspecified atom stereocenters. The number of benzene rings is 4. The highest BCUT2D eigenvalue weighted by Gasteiger charge is 2.33. The van der Waals surface area contributed by atoms with Crippen LogP contribution in [0.2, 0.25) is 20.1 Å². The topological polar surface area (TPSA) is 125 Å². The predicted octanol–water partition coefficient (Wildman–Crippen LogP) is 9.55. The largest absolute Gasteiger partial charge is 0.495 e. The number of sulfonamides is 2. The Morgan fingerprint density at radius 1 is 0.565 bits per heavy atom. The second-order valence-electron chi connectivity index (χ2n) is 13.7. The number of anilines is 2. The van der Waals surface area contributed by atoms with Crippen LogP contribution in [-0.4, -0.2) is 102 Å². The number of halogens is 6. The van der Waals surface area contributed by atoms with Crippen molar-refractivity contribution in [1.82, 2.24) is 18.6 Å². The van der Waals surface area contributed by atoms with Crippen LogP contribution >= 0.6 is 69.1 Å². The van der Waals surface area contributed by atoms with Gasteiger partial charge in [-0.05, 0) is 66.7 Å². The lowest BCUT2D eigenvalue weighted by Crippen LogP contribution is -2.48. The van der Waals surface area contributed by atoms with Crippen molar-refractivity contribution in [3.8, 4) is 34.0 Å². The average molecular weight is 1000 g/mol. The minimum absolute atomic E-state index is 0.0514. The van der Waals surface area contributed by atoms with Gasteiger partial charge in [-0.25, -0.2) is 35.6 Å². The van der Waals surface area contributed by atoms with Crippen molar-refractivity contribution in [2.75, 3.05) is 76.4 Å². The van der Waals surface area contributed by atoms with E-state index < -0.39 is 31.7 Å². The molecule has 0 radical (unpaired) electrons. The van der Waals surface area contributed by atoms with Crippen LogP contribution in [0, 0.1) is 11.6 Å². The third-order valence-electron chi connectivity index (χ3n) is 9.86. The highest BCUT2D eigenvalue weighted by atomic mass is 35.5. The van der Waals surface area contributed by atoms with Gasteiger partial charge in [0.1, 0.15) is 32.9 Å². The summed E-state index contributed by atoms with van der Waals surface area (Å²) in [6.45, 7) is 3.06. The third-order valence-corrected chi connectivity index (χ3v) is 16.5. The fraction of sp³-hybridized carbons (Fsp3) is 0.250. The van der Waals surface area contributed by atoms with Gasteiger partial charge in [0.2, 0.25) is 20.0 Å². The normalized spacial score (nSPS) is 15.3. The molecule has 0 N–H and O–H groups in total. The van der Waals surface area contributed by atoms with Gasteiger partial charge in [-0.3, -0.25) is 0 Å². The number of thiazole rings is 2. The van der Waals surface area contributed by atoms with E-state index in [1.807, 2.05) is 20.6 Å². The number of hydrogen-bond acceptors (Lipinski definition) is 12. The molecule has 2 aliphatic heterocycles. The molecule has 0 spiro atoms. The zero-order chi connectivity index (χ0) is 44.3. The maximum atomic E-state index is 13.8. The SMILES string of the molecule is COc1ccc(Cl)cc1S(=O)(=O)N1CCN(c2nc(-c3cc(F)cc(Cl)c3)cs2)CC1.COc1ccc(Cl)cc1S(=O)(=O)N1CCN(c2nc(-c3ccc(Cl)c(F)c3)cs2)CC1. The van der Waals surface area contributed by atoms with Crippen molar-refractivity contribution < 1.29 is 35.1 Å². The Morgan fingerprint density at radius 2 is 1.03 bits per heavy atom. The number of aromatic nitrogens is 2. The van der Waals surface area contributed by atoms with Gasteiger partial charge in [0.25, 0.3) is 0 Å². The molecular formula is C40H36Cl4F2N6O6S4. The van der Waals surface area contributed by atoms with Crippen LogP contribution in [0.3, 0.4) is 0 Å². The maximum absolute atomic E-state index is 13.8. The van der Waals surface area contributed by atoms with Crippen LogP contribution in [0.15, 0.2) is 93.3 Å². The van der Waals surface area contributed by atoms with Gasteiger partial charge < -0.3 is 19.3 Å². The number of hydrogen-bond donors (Lipinski definition) is 0. The van der Waals surface area contributed by atoms with E-state index in [9.17, 15) is 25.6 Å². The summed E-state index contributed by atoms with van der Waals surface area (Å²) >= 11 is 26.6. The van der Waals surface area contributed by atoms with Crippen molar-refractivity contribution in [2.45, 2.75) is 9.79 Å². The Balaban J connectivity index is 0.000000186. The summed E-state index contributed by atoms with van der Waals surface area (Å²) in [6.07, 6.45) is 0. The van der Waals surface area contributed by atoms with Crippen LogP contribution in [0.5, 0.6) is 11.5 Å². The van der Waals surface area contributed by atoms with Crippen molar-refractivity contribution >= 4 is 99.4 Å². The Hall–Kier alpha value is -3.82. The Kier molecular flexibility index (Phi) is 14.5. The summed E-state index contributed by atoms with van der Waals surface area (Å²) in [5.41, 5.74) is 2.51. The van der Waals surface area contributed by atoms with Gasteiger partial charge in [0.15, 0.2) is 10.3 Å². The minimum Gasteiger partial charge on any atom is -0.495 e. The van der Waals surface area contributed by atoms with Crippen LogP contribution in [0.25, 0.3) is 22.5 Å². The molecule has 2 aliphatic rings. The first-order chi connectivity index (χ1) is 29.6. The molecule has 6 aromatic rings. The van der Waals surface area contributed by atoms with Crippen LogP contribution in [0.4, 0.5) is 19.0 Å². The molecule has 22 heteroatoms. The molecule has 4 aromatic carbocycles. The molecule has 8 rings (SSSR count). The number of nitrogens with zero attached hydrogens (tertiary/aromatic N) is 6. The van der Waals surface area contributed by atoms with Gasteiger partial charge in [0.05, 0.1) is 30.6 Å². The van der Waals surface area contributed by atoms with Crippen molar-refractivity contribution in [3.63, 3.8) is 0 Å². The lowest BCUT2D eigenvalue weighted by Gasteiger charge is -2.34.